The lowest BCUT2D eigenvalue weighted by Gasteiger charge is -2.29. The Morgan fingerprint density at radius 1 is 1.65 bits per heavy atom. The molecule has 0 aromatic carbocycles. The molecule has 17 heavy (non-hydrogen) atoms. The first-order valence-electron chi connectivity index (χ1n) is 6.52. The summed E-state index contributed by atoms with van der Waals surface area (Å²) < 4.78 is 0. The van der Waals surface area contributed by atoms with Gasteiger partial charge in [0.2, 0.25) is 0 Å². The number of piperidine rings is 1. The van der Waals surface area contributed by atoms with E-state index >= 15 is 0 Å². The molecule has 1 aliphatic heterocycles. The Morgan fingerprint density at radius 2 is 2.47 bits per heavy atom. The highest BCUT2D eigenvalue weighted by Gasteiger charge is 2.19. The Balaban J connectivity index is 1.92. The van der Waals surface area contributed by atoms with Crippen LogP contribution in [-0.2, 0) is 6.42 Å². The van der Waals surface area contributed by atoms with E-state index in [1.807, 2.05) is 0 Å². The summed E-state index contributed by atoms with van der Waals surface area (Å²) in [4.78, 5) is 7.16. The molecule has 1 saturated heterocycles. The molecule has 0 spiro atoms. The Morgan fingerprint density at radius 3 is 3.18 bits per heavy atom. The molecule has 2 unspecified atom stereocenters. The minimum Gasteiger partial charge on any atom is -0.330 e. The van der Waals surface area contributed by atoms with Crippen molar-refractivity contribution in [1.29, 1.82) is 0 Å². The summed E-state index contributed by atoms with van der Waals surface area (Å²) in [5, 5.41) is 3.47. The zero-order chi connectivity index (χ0) is 12.3. The molecule has 0 radical (unpaired) electrons. The molecule has 2 atom stereocenters. The highest BCUT2D eigenvalue weighted by atomic mass is 32.1. The minimum absolute atomic E-state index is 0.397. The maximum absolute atomic E-state index is 5.67. The molecule has 1 aromatic heterocycles. The first-order valence-corrected chi connectivity index (χ1v) is 7.40. The molecule has 3 nitrogen and oxygen atoms in total. The first-order chi connectivity index (χ1) is 8.19. The molecule has 1 fully saturated rings. The van der Waals surface area contributed by atoms with E-state index in [1.54, 1.807) is 11.3 Å². The fourth-order valence-corrected chi connectivity index (χ4v) is 3.48. The second kappa shape index (κ2) is 5.94. The summed E-state index contributed by atoms with van der Waals surface area (Å²) in [5.74, 6) is 1.19. The van der Waals surface area contributed by atoms with Crippen molar-refractivity contribution in [3.63, 3.8) is 0 Å². The van der Waals surface area contributed by atoms with Crippen LogP contribution < -0.4 is 5.73 Å². The van der Waals surface area contributed by atoms with E-state index in [0.717, 1.165) is 12.3 Å². The standard InChI is InChI=1S/C13H23N3S/c1-10(7-14)12-9-17-13(15-12)6-11-4-3-5-16(2)8-11/h9-11H,3-8,14H2,1-2H3. The summed E-state index contributed by atoms with van der Waals surface area (Å²) in [7, 11) is 2.22. The summed E-state index contributed by atoms with van der Waals surface area (Å²) >= 11 is 1.80. The van der Waals surface area contributed by atoms with Crippen LogP contribution in [-0.4, -0.2) is 36.6 Å². The van der Waals surface area contributed by atoms with Gasteiger partial charge in [-0.15, -0.1) is 11.3 Å². The van der Waals surface area contributed by atoms with Gasteiger partial charge < -0.3 is 10.6 Å². The lowest BCUT2D eigenvalue weighted by molar-refractivity contribution is 0.209. The van der Waals surface area contributed by atoms with Crippen LogP contribution in [0.5, 0.6) is 0 Å². The van der Waals surface area contributed by atoms with Gasteiger partial charge in [-0.2, -0.15) is 0 Å². The Kier molecular flexibility index (Phi) is 4.54. The lowest BCUT2D eigenvalue weighted by atomic mass is 9.95. The number of rotatable bonds is 4. The van der Waals surface area contributed by atoms with Crippen molar-refractivity contribution >= 4 is 11.3 Å². The third kappa shape index (κ3) is 3.50. The Labute approximate surface area is 108 Å². The van der Waals surface area contributed by atoms with Gasteiger partial charge in [0.05, 0.1) is 10.7 Å². The minimum atomic E-state index is 0.397. The normalized spacial score (nSPS) is 23.8. The molecule has 2 rings (SSSR count). The number of nitrogens with zero attached hydrogens (tertiary/aromatic N) is 2. The smallest absolute Gasteiger partial charge is 0.0931 e. The van der Waals surface area contributed by atoms with E-state index in [2.05, 4.69) is 24.3 Å². The van der Waals surface area contributed by atoms with Crippen LogP contribution in [0.25, 0.3) is 0 Å². The van der Waals surface area contributed by atoms with E-state index in [4.69, 9.17) is 10.7 Å². The molecule has 2 N–H and O–H groups in total. The Hall–Kier alpha value is -0.450. The second-order valence-corrected chi connectivity index (χ2v) is 6.22. The van der Waals surface area contributed by atoms with Crippen LogP contribution >= 0.6 is 11.3 Å². The average molecular weight is 253 g/mol. The molecule has 0 aliphatic carbocycles. The second-order valence-electron chi connectivity index (χ2n) is 5.28. The molecule has 4 heteroatoms. The average Bonchev–Trinajstić information content (AvgIpc) is 2.76. The van der Waals surface area contributed by atoms with Crippen LogP contribution in [0, 0.1) is 5.92 Å². The van der Waals surface area contributed by atoms with E-state index in [9.17, 15) is 0 Å². The quantitative estimate of drug-likeness (QED) is 0.893. The summed E-state index contributed by atoms with van der Waals surface area (Å²) in [6.45, 7) is 5.31. The molecular formula is C13H23N3S. The number of thiazole rings is 1. The van der Waals surface area contributed by atoms with Gasteiger partial charge in [-0.1, -0.05) is 6.92 Å². The van der Waals surface area contributed by atoms with Crippen molar-refractivity contribution in [2.24, 2.45) is 11.7 Å². The predicted octanol–water partition coefficient (Wildman–Crippen LogP) is 2.09. The van der Waals surface area contributed by atoms with Crippen LogP contribution in [0.4, 0.5) is 0 Å². The van der Waals surface area contributed by atoms with Crippen LogP contribution in [0.3, 0.4) is 0 Å². The summed E-state index contributed by atoms with van der Waals surface area (Å²) in [5.41, 5.74) is 6.85. The van der Waals surface area contributed by atoms with Gasteiger partial charge in [-0.05, 0) is 32.4 Å². The van der Waals surface area contributed by atoms with Gasteiger partial charge in [-0.25, -0.2) is 4.98 Å². The van der Waals surface area contributed by atoms with Gasteiger partial charge in [0.25, 0.3) is 0 Å². The zero-order valence-corrected chi connectivity index (χ0v) is 11.7. The lowest BCUT2D eigenvalue weighted by Crippen LogP contribution is -2.32. The fraction of sp³-hybridized carbons (Fsp3) is 0.769. The van der Waals surface area contributed by atoms with Gasteiger partial charge in [0.15, 0.2) is 0 Å². The van der Waals surface area contributed by atoms with Crippen molar-refractivity contribution in [2.75, 3.05) is 26.7 Å². The van der Waals surface area contributed by atoms with Gasteiger partial charge in [0, 0.05) is 30.8 Å². The molecular weight excluding hydrogens is 230 g/mol. The number of likely N-dealkylation sites (tertiary alicyclic amines) is 1. The third-order valence-electron chi connectivity index (χ3n) is 3.61. The molecule has 2 heterocycles. The first kappa shape index (κ1) is 13.0. The maximum atomic E-state index is 5.67. The zero-order valence-electron chi connectivity index (χ0n) is 10.9. The fourth-order valence-electron chi connectivity index (χ4n) is 2.45. The predicted molar refractivity (Wildman–Crippen MR) is 73.5 cm³/mol. The molecule has 1 aliphatic rings. The Bertz CT molecular complexity index is 350. The van der Waals surface area contributed by atoms with E-state index in [1.165, 1.54) is 36.6 Å². The van der Waals surface area contributed by atoms with Crippen molar-refractivity contribution < 1.29 is 0 Å². The van der Waals surface area contributed by atoms with Crippen molar-refractivity contribution in [2.45, 2.75) is 32.1 Å². The van der Waals surface area contributed by atoms with Crippen molar-refractivity contribution in [3.8, 4) is 0 Å². The number of aromatic nitrogens is 1. The highest BCUT2D eigenvalue weighted by molar-refractivity contribution is 7.09. The third-order valence-corrected chi connectivity index (χ3v) is 4.50. The number of hydrogen-bond donors (Lipinski definition) is 1. The SMILES string of the molecule is CC(CN)c1csc(CC2CCCN(C)C2)n1. The molecule has 0 bridgehead atoms. The van der Waals surface area contributed by atoms with Crippen LogP contribution in [0.1, 0.15) is 36.4 Å². The number of nitrogens with two attached hydrogens (primary N) is 1. The molecule has 0 saturated carbocycles. The van der Waals surface area contributed by atoms with E-state index in [-0.39, 0.29) is 0 Å². The van der Waals surface area contributed by atoms with E-state index < -0.39 is 0 Å². The monoisotopic (exact) mass is 253 g/mol. The highest BCUT2D eigenvalue weighted by Crippen LogP contribution is 2.24. The van der Waals surface area contributed by atoms with E-state index in [0.29, 0.717) is 12.5 Å². The number of hydrogen-bond acceptors (Lipinski definition) is 4. The summed E-state index contributed by atoms with van der Waals surface area (Å²) in [6.07, 6.45) is 3.83. The van der Waals surface area contributed by atoms with Gasteiger partial charge >= 0.3 is 0 Å². The molecule has 0 amide bonds. The van der Waals surface area contributed by atoms with Crippen LogP contribution in [0.2, 0.25) is 0 Å². The summed E-state index contributed by atoms with van der Waals surface area (Å²) in [6, 6.07) is 0. The van der Waals surface area contributed by atoms with Crippen molar-refractivity contribution in [1.82, 2.24) is 9.88 Å². The largest absolute Gasteiger partial charge is 0.330 e. The maximum Gasteiger partial charge on any atom is 0.0931 e. The van der Waals surface area contributed by atoms with Crippen molar-refractivity contribution in [3.05, 3.63) is 16.1 Å². The van der Waals surface area contributed by atoms with Crippen LogP contribution in [0.15, 0.2) is 5.38 Å². The molecule has 96 valence electrons. The topological polar surface area (TPSA) is 42.1 Å². The molecule has 1 aromatic rings. The van der Waals surface area contributed by atoms with Gasteiger partial charge in [-0.3, -0.25) is 0 Å². The van der Waals surface area contributed by atoms with Gasteiger partial charge in [0.1, 0.15) is 0 Å².